The summed E-state index contributed by atoms with van der Waals surface area (Å²) in [7, 11) is 4.02. The Hall–Kier alpha value is -0.870. The van der Waals surface area contributed by atoms with E-state index in [1.54, 1.807) is 11.3 Å². The highest BCUT2D eigenvalue weighted by atomic mass is 32.1. The normalized spacial score (nSPS) is 10.1. The maximum atomic E-state index is 4.50. The molecule has 4 heteroatoms. The van der Waals surface area contributed by atoms with Crippen LogP contribution < -0.4 is 10.2 Å². The summed E-state index contributed by atoms with van der Waals surface area (Å²) >= 11 is 1.69. The quantitative estimate of drug-likeness (QED) is 0.723. The molecule has 0 aliphatic carbocycles. The number of nitrogens with one attached hydrogen (secondary N) is 1. The maximum absolute atomic E-state index is 4.50. The summed E-state index contributed by atoms with van der Waals surface area (Å²) in [6, 6.07) is 0. The van der Waals surface area contributed by atoms with E-state index in [1.165, 1.54) is 0 Å². The number of anilines is 1. The van der Waals surface area contributed by atoms with Gasteiger partial charge in [-0.05, 0) is 7.05 Å². The minimum Gasteiger partial charge on any atom is -0.350 e. The van der Waals surface area contributed by atoms with Gasteiger partial charge in [0.25, 0.3) is 0 Å². The summed E-state index contributed by atoms with van der Waals surface area (Å²) in [5.74, 6) is 0. The number of hydrogen-bond acceptors (Lipinski definition) is 4. The van der Waals surface area contributed by atoms with Crippen LogP contribution in [-0.4, -0.2) is 32.2 Å². The number of nitrogens with zero attached hydrogens (tertiary/aromatic N) is 2. The molecule has 78 valence electrons. The molecule has 0 radical (unpaired) electrons. The summed E-state index contributed by atoms with van der Waals surface area (Å²) in [6.45, 7) is 5.66. The van der Waals surface area contributed by atoms with Crippen LogP contribution in [0.3, 0.4) is 0 Å². The predicted octanol–water partition coefficient (Wildman–Crippen LogP) is 1.53. The third-order valence-corrected chi connectivity index (χ3v) is 2.92. The molecule has 0 spiro atoms. The Morgan fingerprint density at radius 1 is 1.71 bits per heavy atom. The number of aromatic nitrogens is 1. The lowest BCUT2D eigenvalue weighted by molar-refractivity contribution is 0.765. The second-order valence-corrected chi connectivity index (χ2v) is 3.98. The number of thiazole rings is 1. The van der Waals surface area contributed by atoms with Crippen molar-refractivity contribution >= 4 is 16.5 Å². The van der Waals surface area contributed by atoms with Crippen molar-refractivity contribution in [3.05, 3.63) is 23.7 Å². The molecular formula is C10H17N3S. The molecule has 0 atom stereocenters. The third kappa shape index (κ3) is 3.12. The van der Waals surface area contributed by atoms with Gasteiger partial charge >= 0.3 is 0 Å². The fourth-order valence-corrected chi connectivity index (χ4v) is 1.92. The van der Waals surface area contributed by atoms with Crippen LogP contribution in [0.25, 0.3) is 0 Å². The van der Waals surface area contributed by atoms with Gasteiger partial charge in [-0.25, -0.2) is 4.98 Å². The maximum Gasteiger partial charge on any atom is 0.185 e. The van der Waals surface area contributed by atoms with Crippen molar-refractivity contribution in [2.24, 2.45) is 0 Å². The van der Waals surface area contributed by atoms with Gasteiger partial charge in [-0.3, -0.25) is 0 Å². The summed E-state index contributed by atoms with van der Waals surface area (Å²) < 4.78 is 0. The minimum atomic E-state index is 0.858. The van der Waals surface area contributed by atoms with Gasteiger partial charge in [0.05, 0.1) is 5.69 Å². The van der Waals surface area contributed by atoms with Crippen molar-refractivity contribution in [1.82, 2.24) is 10.3 Å². The van der Waals surface area contributed by atoms with Crippen LogP contribution in [0.15, 0.2) is 18.0 Å². The molecule has 0 bridgehead atoms. The first-order chi connectivity index (χ1) is 6.77. The van der Waals surface area contributed by atoms with E-state index in [9.17, 15) is 0 Å². The van der Waals surface area contributed by atoms with Gasteiger partial charge in [-0.1, -0.05) is 6.08 Å². The molecule has 0 aliphatic heterocycles. The Labute approximate surface area is 89.5 Å². The van der Waals surface area contributed by atoms with Gasteiger partial charge in [-0.2, -0.15) is 0 Å². The zero-order valence-corrected chi connectivity index (χ0v) is 9.60. The van der Waals surface area contributed by atoms with Gasteiger partial charge in [0.1, 0.15) is 0 Å². The molecule has 1 N–H and O–H groups in total. The molecule has 3 nitrogen and oxygen atoms in total. The zero-order valence-electron chi connectivity index (χ0n) is 8.79. The summed E-state index contributed by atoms with van der Waals surface area (Å²) in [5, 5.41) is 6.29. The summed E-state index contributed by atoms with van der Waals surface area (Å²) in [6.07, 6.45) is 2.74. The molecule has 1 heterocycles. The van der Waals surface area contributed by atoms with Crippen LogP contribution in [0.4, 0.5) is 5.13 Å². The lowest BCUT2D eigenvalue weighted by atomic mass is 10.3. The number of allylic oxidation sites excluding steroid dienone is 1. The van der Waals surface area contributed by atoms with E-state index >= 15 is 0 Å². The fourth-order valence-electron chi connectivity index (χ4n) is 1.09. The van der Waals surface area contributed by atoms with E-state index in [0.29, 0.717) is 0 Å². The SMILES string of the molecule is C=CCc1csc(N(C)CCNC)n1. The predicted molar refractivity (Wildman–Crippen MR) is 63.2 cm³/mol. The summed E-state index contributed by atoms with van der Waals surface area (Å²) in [5.41, 5.74) is 1.11. The Morgan fingerprint density at radius 2 is 2.50 bits per heavy atom. The lowest BCUT2D eigenvalue weighted by Gasteiger charge is -2.14. The highest BCUT2D eigenvalue weighted by Gasteiger charge is 2.04. The topological polar surface area (TPSA) is 28.2 Å². The van der Waals surface area contributed by atoms with Crippen molar-refractivity contribution in [3.8, 4) is 0 Å². The van der Waals surface area contributed by atoms with E-state index in [4.69, 9.17) is 0 Å². The van der Waals surface area contributed by atoms with Crippen molar-refractivity contribution in [2.75, 3.05) is 32.1 Å². The van der Waals surface area contributed by atoms with Crippen LogP contribution >= 0.6 is 11.3 Å². The van der Waals surface area contributed by atoms with E-state index in [0.717, 1.165) is 30.3 Å². The van der Waals surface area contributed by atoms with Crippen molar-refractivity contribution < 1.29 is 0 Å². The zero-order chi connectivity index (χ0) is 10.4. The molecule has 0 fully saturated rings. The van der Waals surface area contributed by atoms with Crippen LogP contribution in [0.2, 0.25) is 0 Å². The third-order valence-electron chi connectivity index (χ3n) is 1.92. The second kappa shape index (κ2) is 5.78. The Kier molecular flexibility index (Phi) is 4.62. The molecule has 1 aromatic heterocycles. The first kappa shape index (κ1) is 11.2. The Balaban J connectivity index is 2.52. The molecule has 0 saturated heterocycles. The number of likely N-dealkylation sites (N-methyl/N-ethyl adjacent to an activating group) is 2. The highest BCUT2D eigenvalue weighted by molar-refractivity contribution is 7.13. The van der Waals surface area contributed by atoms with Gasteiger partial charge in [0.15, 0.2) is 5.13 Å². The lowest BCUT2D eigenvalue weighted by Crippen LogP contribution is -2.26. The average Bonchev–Trinajstić information content (AvgIpc) is 2.63. The van der Waals surface area contributed by atoms with Gasteiger partial charge in [0.2, 0.25) is 0 Å². The molecule has 14 heavy (non-hydrogen) atoms. The molecule has 0 aliphatic rings. The highest BCUT2D eigenvalue weighted by Crippen LogP contribution is 2.19. The summed E-state index contributed by atoms with van der Waals surface area (Å²) in [4.78, 5) is 6.66. The van der Waals surface area contributed by atoms with Crippen LogP contribution in [0, 0.1) is 0 Å². The smallest absolute Gasteiger partial charge is 0.185 e. The van der Waals surface area contributed by atoms with Crippen LogP contribution in [0.5, 0.6) is 0 Å². The molecular weight excluding hydrogens is 194 g/mol. The van der Waals surface area contributed by atoms with Gasteiger partial charge in [0, 0.05) is 31.9 Å². The van der Waals surface area contributed by atoms with Gasteiger partial charge in [-0.15, -0.1) is 17.9 Å². The number of hydrogen-bond donors (Lipinski definition) is 1. The van der Waals surface area contributed by atoms with E-state index in [-0.39, 0.29) is 0 Å². The fraction of sp³-hybridized carbons (Fsp3) is 0.500. The molecule has 0 saturated carbocycles. The van der Waals surface area contributed by atoms with Crippen molar-refractivity contribution in [1.29, 1.82) is 0 Å². The van der Waals surface area contributed by atoms with Gasteiger partial charge < -0.3 is 10.2 Å². The van der Waals surface area contributed by atoms with E-state index in [2.05, 4.69) is 34.2 Å². The average molecular weight is 211 g/mol. The Bertz CT molecular complexity index is 283. The first-order valence-corrected chi connectivity index (χ1v) is 5.57. The molecule has 0 aromatic carbocycles. The molecule has 0 unspecified atom stereocenters. The molecule has 1 rings (SSSR count). The molecule has 0 amide bonds. The van der Waals surface area contributed by atoms with Crippen molar-refractivity contribution in [3.63, 3.8) is 0 Å². The largest absolute Gasteiger partial charge is 0.350 e. The number of rotatable bonds is 6. The van der Waals surface area contributed by atoms with E-state index < -0.39 is 0 Å². The monoisotopic (exact) mass is 211 g/mol. The van der Waals surface area contributed by atoms with Crippen LogP contribution in [0.1, 0.15) is 5.69 Å². The standard InChI is InChI=1S/C10H17N3S/c1-4-5-9-8-14-10(12-9)13(3)7-6-11-2/h4,8,11H,1,5-7H2,2-3H3. The van der Waals surface area contributed by atoms with E-state index in [1.807, 2.05) is 13.1 Å². The van der Waals surface area contributed by atoms with Crippen molar-refractivity contribution in [2.45, 2.75) is 6.42 Å². The second-order valence-electron chi connectivity index (χ2n) is 3.14. The van der Waals surface area contributed by atoms with Crippen LogP contribution in [-0.2, 0) is 6.42 Å². The first-order valence-electron chi connectivity index (χ1n) is 4.69. The Morgan fingerprint density at radius 3 is 3.14 bits per heavy atom. The molecule has 1 aromatic rings. The minimum absolute atomic E-state index is 0.858.